The SMILES string of the molecule is Cc1ccc(O[C@@H]([Si])[C@@H]2CCN2C)cc1C(=O)NC1(c2cc(N(C)CC(F)(F)F)cc3ncccc23)CC1. The molecule has 2 heterocycles. The maximum atomic E-state index is 13.6. The molecule has 3 radical (unpaired) electrons. The Morgan fingerprint density at radius 1 is 1.29 bits per heavy atom. The number of carbonyl (C=O) groups is 1. The molecule has 0 bridgehead atoms. The number of pyridine rings is 1. The number of nitrogens with zero attached hydrogens (tertiary/aromatic N) is 3. The van der Waals surface area contributed by atoms with Crippen molar-refractivity contribution in [3.05, 3.63) is 65.4 Å². The molecule has 1 N–H and O–H groups in total. The summed E-state index contributed by atoms with van der Waals surface area (Å²) in [6, 6.07) is 12.8. The molecule has 2 atom stereocenters. The lowest BCUT2D eigenvalue weighted by atomic mass is 9.97. The third kappa shape index (κ3) is 5.37. The van der Waals surface area contributed by atoms with Gasteiger partial charge in [-0.3, -0.25) is 9.78 Å². The fourth-order valence-electron chi connectivity index (χ4n) is 5.08. The molecule has 3 aromatic rings. The summed E-state index contributed by atoms with van der Waals surface area (Å²) < 4.78 is 45.4. The van der Waals surface area contributed by atoms with Crippen molar-refractivity contribution in [1.82, 2.24) is 15.2 Å². The molecule has 0 unspecified atom stereocenters. The van der Waals surface area contributed by atoms with Crippen molar-refractivity contribution >= 4 is 32.7 Å². The molecule has 38 heavy (non-hydrogen) atoms. The van der Waals surface area contributed by atoms with E-state index < -0.39 is 18.3 Å². The zero-order valence-electron chi connectivity index (χ0n) is 21.6. The smallest absolute Gasteiger partial charge is 0.405 e. The molecular weight excluding hydrogens is 509 g/mol. The van der Waals surface area contributed by atoms with Gasteiger partial charge in [0.15, 0.2) is 0 Å². The number of likely N-dealkylation sites (N-methyl/N-ethyl adjacent to an activating group) is 1. The van der Waals surface area contributed by atoms with Gasteiger partial charge < -0.3 is 19.9 Å². The number of amides is 1. The molecule has 1 amide bonds. The number of aryl methyl sites for hydroxylation is 1. The molecule has 1 aliphatic carbocycles. The monoisotopic (exact) mass is 539 g/mol. The highest BCUT2D eigenvalue weighted by molar-refractivity contribution is 6.11. The lowest BCUT2D eigenvalue weighted by Crippen LogP contribution is -2.53. The summed E-state index contributed by atoms with van der Waals surface area (Å²) >= 11 is 0. The van der Waals surface area contributed by atoms with Gasteiger partial charge in [0.05, 0.1) is 27.0 Å². The number of hydrogen-bond acceptors (Lipinski definition) is 5. The second-order valence-corrected chi connectivity index (χ2v) is 11.0. The number of hydrogen-bond donors (Lipinski definition) is 1. The van der Waals surface area contributed by atoms with E-state index in [0.29, 0.717) is 35.4 Å². The molecule has 2 aromatic carbocycles. The lowest BCUT2D eigenvalue weighted by molar-refractivity contribution is -0.119. The van der Waals surface area contributed by atoms with Gasteiger partial charge in [-0.25, -0.2) is 0 Å². The molecule has 0 spiro atoms. The van der Waals surface area contributed by atoms with E-state index in [9.17, 15) is 18.0 Å². The van der Waals surface area contributed by atoms with E-state index in [1.807, 2.05) is 32.2 Å². The maximum Gasteiger partial charge on any atom is 0.405 e. The van der Waals surface area contributed by atoms with E-state index in [1.54, 1.807) is 30.5 Å². The van der Waals surface area contributed by atoms with Crippen molar-refractivity contribution in [2.45, 2.75) is 49.7 Å². The lowest BCUT2D eigenvalue weighted by Gasteiger charge is -2.41. The highest BCUT2D eigenvalue weighted by atomic mass is 28.1. The van der Waals surface area contributed by atoms with Crippen LogP contribution in [0, 0.1) is 6.92 Å². The molecule has 199 valence electrons. The third-order valence-corrected chi connectivity index (χ3v) is 8.09. The first kappa shape index (κ1) is 26.5. The van der Waals surface area contributed by atoms with Gasteiger partial charge in [-0.15, -0.1) is 0 Å². The first-order chi connectivity index (χ1) is 18.0. The Morgan fingerprint density at radius 2 is 2.05 bits per heavy atom. The van der Waals surface area contributed by atoms with Gasteiger partial charge in [0, 0.05) is 35.9 Å². The topological polar surface area (TPSA) is 57.7 Å². The Morgan fingerprint density at radius 3 is 2.68 bits per heavy atom. The molecule has 6 nitrogen and oxygen atoms in total. The van der Waals surface area contributed by atoms with Crippen molar-refractivity contribution in [2.24, 2.45) is 0 Å². The van der Waals surface area contributed by atoms with Gasteiger partial charge in [0.2, 0.25) is 0 Å². The Labute approximate surface area is 223 Å². The number of nitrogens with one attached hydrogen (secondary N) is 1. The first-order valence-corrected chi connectivity index (χ1v) is 13.2. The molecule has 5 rings (SSSR count). The summed E-state index contributed by atoms with van der Waals surface area (Å²) in [5.41, 5.74) is 2.20. The average molecular weight is 540 g/mol. The van der Waals surface area contributed by atoms with Crippen molar-refractivity contribution in [2.75, 3.05) is 32.1 Å². The molecule has 1 aromatic heterocycles. The van der Waals surface area contributed by atoms with Crippen LogP contribution in [0.25, 0.3) is 10.9 Å². The zero-order valence-corrected chi connectivity index (χ0v) is 22.6. The van der Waals surface area contributed by atoms with Gasteiger partial charge in [-0.05, 0) is 81.2 Å². The van der Waals surface area contributed by atoms with Crippen molar-refractivity contribution in [1.29, 1.82) is 0 Å². The molecule has 1 saturated carbocycles. The number of halogens is 3. The van der Waals surface area contributed by atoms with Crippen LogP contribution in [0.5, 0.6) is 5.75 Å². The largest absolute Gasteiger partial charge is 0.493 e. The predicted octanol–water partition coefficient (Wildman–Crippen LogP) is 4.54. The van der Waals surface area contributed by atoms with Crippen LogP contribution in [-0.2, 0) is 5.54 Å². The molecule has 2 aliphatic rings. The van der Waals surface area contributed by atoms with Crippen molar-refractivity contribution in [3.8, 4) is 5.75 Å². The Kier molecular flexibility index (Phi) is 6.89. The van der Waals surface area contributed by atoms with E-state index in [0.717, 1.165) is 34.4 Å². The summed E-state index contributed by atoms with van der Waals surface area (Å²) in [5, 5.41) is 4.01. The second-order valence-electron chi connectivity index (χ2n) is 10.4. The van der Waals surface area contributed by atoms with Gasteiger partial charge in [0.1, 0.15) is 12.3 Å². The number of fused-ring (bicyclic) bond motifs is 1. The number of carbonyl (C=O) groups excluding carboxylic acids is 1. The quantitative estimate of drug-likeness (QED) is 0.426. The normalized spacial score (nSPS) is 19.5. The highest BCUT2D eigenvalue weighted by Gasteiger charge is 2.47. The minimum absolute atomic E-state index is 0.197. The van der Waals surface area contributed by atoms with E-state index in [4.69, 9.17) is 4.74 Å². The van der Waals surface area contributed by atoms with Crippen LogP contribution >= 0.6 is 0 Å². The fraction of sp³-hybridized carbons (Fsp3) is 0.429. The molecular formula is C28H30F3N4O2Si. The van der Waals surface area contributed by atoms with E-state index in [1.165, 1.54) is 7.05 Å². The highest BCUT2D eigenvalue weighted by Crippen LogP contribution is 2.49. The van der Waals surface area contributed by atoms with Gasteiger partial charge >= 0.3 is 6.18 Å². The molecule has 2 fully saturated rings. The van der Waals surface area contributed by atoms with Gasteiger partial charge in [-0.2, -0.15) is 13.2 Å². The fourth-order valence-corrected chi connectivity index (χ4v) is 5.64. The Hall–Kier alpha value is -3.11. The van der Waals surface area contributed by atoms with Crippen LogP contribution in [0.2, 0.25) is 0 Å². The number of aromatic nitrogens is 1. The number of ether oxygens (including phenoxy) is 1. The third-order valence-electron chi connectivity index (χ3n) is 7.59. The van der Waals surface area contributed by atoms with Crippen molar-refractivity contribution in [3.63, 3.8) is 0 Å². The van der Waals surface area contributed by atoms with Crippen LogP contribution in [-0.4, -0.2) is 71.2 Å². The first-order valence-electron chi connectivity index (χ1n) is 12.6. The van der Waals surface area contributed by atoms with E-state index in [2.05, 4.69) is 25.4 Å². The minimum Gasteiger partial charge on any atom is -0.493 e. The number of likely N-dealkylation sites (tertiary alicyclic amines) is 1. The number of anilines is 1. The molecule has 10 heteroatoms. The van der Waals surface area contributed by atoms with E-state index in [-0.39, 0.29) is 17.7 Å². The second kappa shape index (κ2) is 9.89. The van der Waals surface area contributed by atoms with Crippen LogP contribution in [0.1, 0.15) is 40.7 Å². The number of benzene rings is 2. The molecule has 1 saturated heterocycles. The Balaban J connectivity index is 1.42. The predicted molar refractivity (Wildman–Crippen MR) is 142 cm³/mol. The van der Waals surface area contributed by atoms with Gasteiger partial charge in [-0.1, -0.05) is 12.1 Å². The zero-order chi connectivity index (χ0) is 27.2. The maximum absolute atomic E-state index is 13.6. The average Bonchev–Trinajstić information content (AvgIpc) is 3.62. The summed E-state index contributed by atoms with van der Waals surface area (Å²) in [7, 11) is 7.13. The van der Waals surface area contributed by atoms with Crippen LogP contribution in [0.15, 0.2) is 48.7 Å². The van der Waals surface area contributed by atoms with Crippen molar-refractivity contribution < 1.29 is 22.7 Å². The van der Waals surface area contributed by atoms with Crippen LogP contribution in [0.4, 0.5) is 18.9 Å². The molecule has 1 aliphatic heterocycles. The van der Waals surface area contributed by atoms with Crippen LogP contribution < -0.4 is 15.0 Å². The summed E-state index contributed by atoms with van der Waals surface area (Å²) in [4.78, 5) is 21.3. The summed E-state index contributed by atoms with van der Waals surface area (Å²) in [6.45, 7) is 1.81. The number of alkyl halides is 3. The standard InChI is InChI=1S/C28H30F3N4O2Si/c1-17-6-7-19(37-26(38)24-8-12-34(24)2)15-21(17)25(36)33-27(9-10-27)22-13-18(35(3)16-28(29,30)31)14-23-20(22)5-4-11-32-23/h4-7,11,13-15,24,26H,8-10,12,16H2,1-3H3,(H,33,36)/t24-,26-/m0/s1. The van der Waals surface area contributed by atoms with Crippen LogP contribution in [0.3, 0.4) is 0 Å². The Bertz CT molecular complexity index is 1360. The minimum atomic E-state index is -4.34. The number of rotatable bonds is 8. The summed E-state index contributed by atoms with van der Waals surface area (Å²) in [5.74, 6) is 0.346. The van der Waals surface area contributed by atoms with Gasteiger partial charge in [0.25, 0.3) is 5.91 Å². The summed E-state index contributed by atoms with van der Waals surface area (Å²) in [6.07, 6.45) is -0.327. The van der Waals surface area contributed by atoms with E-state index >= 15 is 0 Å².